The summed E-state index contributed by atoms with van der Waals surface area (Å²) >= 11 is 1.59. The lowest BCUT2D eigenvalue weighted by Crippen LogP contribution is -2.49. The largest absolute Gasteiger partial charge is 0.343 e. The molecule has 2 aromatic rings. The summed E-state index contributed by atoms with van der Waals surface area (Å²) in [7, 11) is 0. The van der Waals surface area contributed by atoms with Gasteiger partial charge in [0.05, 0.1) is 0 Å². The summed E-state index contributed by atoms with van der Waals surface area (Å²) in [5.41, 5.74) is 0.507. The van der Waals surface area contributed by atoms with Crippen LogP contribution in [-0.2, 0) is 0 Å². The van der Waals surface area contributed by atoms with Crippen molar-refractivity contribution in [3.8, 4) is 0 Å². The number of hydrogen-bond donors (Lipinski definition) is 0. The molecule has 1 fully saturated rings. The van der Waals surface area contributed by atoms with Crippen molar-refractivity contribution in [3.05, 3.63) is 35.1 Å². The second-order valence-corrected chi connectivity index (χ2v) is 5.76. The van der Waals surface area contributed by atoms with E-state index in [9.17, 15) is 4.79 Å². The number of anilines is 1. The zero-order chi connectivity index (χ0) is 13.9. The van der Waals surface area contributed by atoms with Gasteiger partial charge >= 0.3 is 0 Å². The van der Waals surface area contributed by atoms with Gasteiger partial charge < -0.3 is 9.80 Å². The molecular weight excluding hydrogens is 274 g/mol. The molecular formula is C13H15N5OS. The fraction of sp³-hybridized carbons (Fsp3) is 0.385. The van der Waals surface area contributed by atoms with Crippen LogP contribution in [0.4, 0.5) is 5.13 Å². The summed E-state index contributed by atoms with van der Waals surface area (Å²) < 4.78 is 0. The van der Waals surface area contributed by atoms with E-state index in [-0.39, 0.29) is 5.91 Å². The first kappa shape index (κ1) is 13.0. The highest BCUT2D eigenvalue weighted by Crippen LogP contribution is 2.21. The molecule has 1 aliphatic heterocycles. The molecule has 2 aromatic heterocycles. The Bertz CT molecular complexity index is 592. The average Bonchev–Trinajstić information content (AvgIpc) is 2.94. The van der Waals surface area contributed by atoms with E-state index in [1.54, 1.807) is 23.6 Å². The van der Waals surface area contributed by atoms with Crippen LogP contribution in [0.2, 0.25) is 0 Å². The lowest BCUT2D eigenvalue weighted by atomic mass is 10.2. The van der Waals surface area contributed by atoms with Crippen LogP contribution in [0.1, 0.15) is 15.5 Å². The number of piperazine rings is 1. The van der Waals surface area contributed by atoms with Crippen molar-refractivity contribution in [2.45, 2.75) is 6.92 Å². The van der Waals surface area contributed by atoms with Crippen LogP contribution in [0.5, 0.6) is 0 Å². The van der Waals surface area contributed by atoms with E-state index >= 15 is 0 Å². The molecule has 0 aromatic carbocycles. The highest BCUT2D eigenvalue weighted by Gasteiger charge is 2.24. The number of aromatic nitrogens is 3. The van der Waals surface area contributed by atoms with Gasteiger partial charge in [-0.2, -0.15) is 0 Å². The molecule has 3 rings (SSSR count). The Labute approximate surface area is 121 Å². The molecule has 0 atom stereocenters. The molecule has 1 saturated heterocycles. The zero-order valence-corrected chi connectivity index (χ0v) is 12.0. The minimum atomic E-state index is -0.00121. The molecule has 1 amide bonds. The van der Waals surface area contributed by atoms with Crippen LogP contribution in [0.25, 0.3) is 0 Å². The SMILES string of the molecule is Cc1nnc(N2CCN(C(=O)c3ccccn3)CC2)s1. The molecule has 6 nitrogen and oxygen atoms in total. The van der Waals surface area contributed by atoms with Gasteiger partial charge in [0.25, 0.3) is 5.91 Å². The summed E-state index contributed by atoms with van der Waals surface area (Å²) in [5.74, 6) is -0.00121. The molecule has 0 bridgehead atoms. The number of pyridine rings is 1. The molecule has 3 heterocycles. The fourth-order valence-electron chi connectivity index (χ4n) is 2.17. The predicted molar refractivity (Wildman–Crippen MR) is 77.0 cm³/mol. The van der Waals surface area contributed by atoms with Crippen LogP contribution in [0.15, 0.2) is 24.4 Å². The van der Waals surface area contributed by atoms with E-state index in [1.807, 2.05) is 24.0 Å². The number of nitrogens with zero attached hydrogens (tertiary/aromatic N) is 5. The first-order chi connectivity index (χ1) is 9.74. The van der Waals surface area contributed by atoms with Crippen LogP contribution < -0.4 is 4.90 Å². The molecule has 0 aliphatic carbocycles. The van der Waals surface area contributed by atoms with Crippen LogP contribution >= 0.6 is 11.3 Å². The number of aryl methyl sites for hydroxylation is 1. The standard InChI is InChI=1S/C13H15N5OS/c1-10-15-16-13(20-10)18-8-6-17(7-9-18)12(19)11-4-2-3-5-14-11/h2-5H,6-9H2,1H3. The van der Waals surface area contributed by atoms with E-state index in [4.69, 9.17) is 0 Å². The Morgan fingerprint density at radius 1 is 1.20 bits per heavy atom. The van der Waals surface area contributed by atoms with Gasteiger partial charge in [0, 0.05) is 32.4 Å². The number of rotatable bonds is 2. The van der Waals surface area contributed by atoms with Gasteiger partial charge in [-0.15, -0.1) is 10.2 Å². The number of amides is 1. The van der Waals surface area contributed by atoms with Gasteiger partial charge in [0.2, 0.25) is 5.13 Å². The molecule has 0 saturated carbocycles. The summed E-state index contributed by atoms with van der Waals surface area (Å²) in [6, 6.07) is 5.40. The average molecular weight is 289 g/mol. The second kappa shape index (κ2) is 5.54. The van der Waals surface area contributed by atoms with Crippen molar-refractivity contribution >= 4 is 22.4 Å². The lowest BCUT2D eigenvalue weighted by molar-refractivity contribution is 0.0741. The monoisotopic (exact) mass is 289 g/mol. The molecule has 0 N–H and O–H groups in total. The van der Waals surface area contributed by atoms with Crippen LogP contribution in [-0.4, -0.2) is 52.2 Å². The topological polar surface area (TPSA) is 62.2 Å². The number of carbonyl (C=O) groups is 1. The van der Waals surface area contributed by atoms with Gasteiger partial charge in [-0.05, 0) is 19.1 Å². The number of hydrogen-bond acceptors (Lipinski definition) is 6. The van der Waals surface area contributed by atoms with Crippen molar-refractivity contribution in [2.75, 3.05) is 31.1 Å². The Balaban J connectivity index is 1.63. The predicted octanol–water partition coefficient (Wildman–Crippen LogP) is 1.20. The van der Waals surface area contributed by atoms with Gasteiger partial charge in [0.15, 0.2) is 0 Å². The van der Waals surface area contributed by atoms with Crippen LogP contribution in [0.3, 0.4) is 0 Å². The van der Waals surface area contributed by atoms with E-state index < -0.39 is 0 Å². The van der Waals surface area contributed by atoms with Crippen molar-refractivity contribution in [3.63, 3.8) is 0 Å². The fourth-order valence-corrected chi connectivity index (χ4v) is 2.91. The third-order valence-corrected chi connectivity index (χ3v) is 4.14. The zero-order valence-electron chi connectivity index (χ0n) is 11.2. The maximum atomic E-state index is 12.3. The van der Waals surface area contributed by atoms with E-state index in [0.717, 1.165) is 23.2 Å². The third-order valence-electron chi connectivity index (χ3n) is 3.24. The van der Waals surface area contributed by atoms with Crippen molar-refractivity contribution in [2.24, 2.45) is 0 Å². The maximum Gasteiger partial charge on any atom is 0.272 e. The minimum Gasteiger partial charge on any atom is -0.343 e. The Hall–Kier alpha value is -2.02. The van der Waals surface area contributed by atoms with Crippen molar-refractivity contribution in [1.82, 2.24) is 20.1 Å². The van der Waals surface area contributed by atoms with Gasteiger partial charge in [0.1, 0.15) is 10.7 Å². The summed E-state index contributed by atoms with van der Waals surface area (Å²) in [4.78, 5) is 20.4. The van der Waals surface area contributed by atoms with E-state index in [1.165, 1.54) is 0 Å². The van der Waals surface area contributed by atoms with Crippen molar-refractivity contribution in [1.29, 1.82) is 0 Å². The molecule has 0 unspecified atom stereocenters. The first-order valence-corrected chi connectivity index (χ1v) is 7.31. The highest BCUT2D eigenvalue weighted by molar-refractivity contribution is 7.15. The molecule has 0 radical (unpaired) electrons. The van der Waals surface area contributed by atoms with Gasteiger partial charge in [-0.1, -0.05) is 17.4 Å². The normalized spacial score (nSPS) is 15.4. The highest BCUT2D eigenvalue weighted by atomic mass is 32.1. The molecule has 104 valence electrons. The molecule has 7 heteroatoms. The summed E-state index contributed by atoms with van der Waals surface area (Å²) in [5, 5.41) is 10.1. The van der Waals surface area contributed by atoms with Gasteiger partial charge in [-0.25, -0.2) is 0 Å². The van der Waals surface area contributed by atoms with Crippen molar-refractivity contribution < 1.29 is 4.79 Å². The summed E-state index contributed by atoms with van der Waals surface area (Å²) in [6.45, 7) is 4.89. The quantitative estimate of drug-likeness (QED) is 0.831. The lowest BCUT2D eigenvalue weighted by Gasteiger charge is -2.34. The smallest absolute Gasteiger partial charge is 0.272 e. The maximum absolute atomic E-state index is 12.3. The molecule has 0 spiro atoms. The number of carbonyl (C=O) groups excluding carboxylic acids is 1. The molecule has 1 aliphatic rings. The van der Waals surface area contributed by atoms with Crippen LogP contribution in [0, 0.1) is 6.92 Å². The van der Waals surface area contributed by atoms with E-state index in [2.05, 4.69) is 20.1 Å². The van der Waals surface area contributed by atoms with Gasteiger partial charge in [-0.3, -0.25) is 9.78 Å². The van der Waals surface area contributed by atoms with E-state index in [0.29, 0.717) is 18.8 Å². The third kappa shape index (κ3) is 2.62. The summed E-state index contributed by atoms with van der Waals surface area (Å²) in [6.07, 6.45) is 1.65. The Morgan fingerprint density at radius 2 is 2.00 bits per heavy atom. The Morgan fingerprint density at radius 3 is 2.60 bits per heavy atom. The first-order valence-electron chi connectivity index (χ1n) is 6.49. The second-order valence-electron chi connectivity index (χ2n) is 4.60. The minimum absolute atomic E-state index is 0.00121. The molecule has 20 heavy (non-hydrogen) atoms. The Kier molecular flexibility index (Phi) is 3.60.